The second-order valence-electron chi connectivity index (χ2n) is 5.74. The third kappa shape index (κ3) is 2.90. The van der Waals surface area contributed by atoms with Gasteiger partial charge in [0.2, 0.25) is 5.43 Å². The molecule has 0 saturated heterocycles. The van der Waals surface area contributed by atoms with E-state index in [-0.39, 0.29) is 16.9 Å². The van der Waals surface area contributed by atoms with E-state index < -0.39 is 0 Å². The van der Waals surface area contributed by atoms with Gasteiger partial charge in [0.05, 0.1) is 23.3 Å². The summed E-state index contributed by atoms with van der Waals surface area (Å²) in [6.45, 7) is 1.88. The zero-order valence-electron chi connectivity index (χ0n) is 13.9. The molecule has 0 aliphatic carbocycles. The molecule has 0 aliphatic heterocycles. The van der Waals surface area contributed by atoms with Crippen LogP contribution in [-0.4, -0.2) is 24.5 Å². The highest BCUT2D eigenvalue weighted by Crippen LogP contribution is 2.19. The maximum Gasteiger partial charge on any atom is 0.209 e. The molecule has 0 bridgehead atoms. The lowest BCUT2D eigenvalue weighted by Gasteiger charge is -2.10. The van der Waals surface area contributed by atoms with E-state index in [0.717, 1.165) is 11.4 Å². The molecule has 4 aromatic rings. The zero-order valence-corrected chi connectivity index (χ0v) is 13.9. The Kier molecular flexibility index (Phi) is 3.89. The molecule has 6 nitrogen and oxygen atoms in total. The van der Waals surface area contributed by atoms with Crippen LogP contribution in [0.2, 0.25) is 0 Å². The van der Waals surface area contributed by atoms with Crippen LogP contribution in [0.1, 0.15) is 5.69 Å². The van der Waals surface area contributed by atoms with Gasteiger partial charge in [0.15, 0.2) is 5.69 Å². The Bertz CT molecular complexity index is 1150. The van der Waals surface area contributed by atoms with E-state index in [2.05, 4.69) is 15.2 Å². The van der Waals surface area contributed by atoms with Crippen LogP contribution in [0.5, 0.6) is 0 Å². The van der Waals surface area contributed by atoms with Crippen LogP contribution >= 0.6 is 0 Å². The number of aryl methyl sites for hydroxylation is 1. The number of hydrogen-bond donors (Lipinski definition) is 0. The fourth-order valence-electron chi connectivity index (χ4n) is 2.70. The van der Waals surface area contributed by atoms with E-state index in [0.29, 0.717) is 11.4 Å². The van der Waals surface area contributed by atoms with Crippen molar-refractivity contribution in [3.8, 4) is 22.8 Å². The molecule has 128 valence electrons. The van der Waals surface area contributed by atoms with Crippen molar-refractivity contribution < 1.29 is 4.39 Å². The van der Waals surface area contributed by atoms with Gasteiger partial charge in [0, 0.05) is 24.2 Å². The summed E-state index contributed by atoms with van der Waals surface area (Å²) in [7, 11) is 0. The summed E-state index contributed by atoms with van der Waals surface area (Å²) in [5, 5.41) is 8.67. The number of pyridine rings is 1. The van der Waals surface area contributed by atoms with E-state index in [1.165, 1.54) is 22.9 Å². The summed E-state index contributed by atoms with van der Waals surface area (Å²) in [5.74, 6) is -0.380. The first-order valence-corrected chi connectivity index (χ1v) is 7.95. The van der Waals surface area contributed by atoms with Gasteiger partial charge in [-0.1, -0.05) is 6.07 Å². The third-order valence-corrected chi connectivity index (χ3v) is 3.89. The molecule has 0 spiro atoms. The predicted molar refractivity (Wildman–Crippen MR) is 94.9 cm³/mol. The third-order valence-electron chi connectivity index (χ3n) is 3.89. The van der Waals surface area contributed by atoms with Crippen LogP contribution in [0.15, 0.2) is 71.9 Å². The Labute approximate surface area is 148 Å². The Balaban J connectivity index is 1.86. The van der Waals surface area contributed by atoms with Gasteiger partial charge >= 0.3 is 0 Å². The largest absolute Gasteiger partial charge is 0.287 e. The SMILES string of the molecule is Cc1cc(-n2ccc(=O)c(-c3ccnn3-c3cccc(F)c3)n2)ccn1. The zero-order chi connectivity index (χ0) is 18.1. The van der Waals surface area contributed by atoms with E-state index in [1.807, 2.05) is 13.0 Å². The highest BCUT2D eigenvalue weighted by Gasteiger charge is 2.14. The summed E-state index contributed by atoms with van der Waals surface area (Å²) >= 11 is 0. The lowest BCUT2D eigenvalue weighted by molar-refractivity contribution is 0.625. The predicted octanol–water partition coefficient (Wildman–Crippen LogP) is 2.93. The van der Waals surface area contributed by atoms with Gasteiger partial charge in [0.1, 0.15) is 5.82 Å². The van der Waals surface area contributed by atoms with E-state index >= 15 is 0 Å². The molecule has 0 atom stereocenters. The highest BCUT2D eigenvalue weighted by molar-refractivity contribution is 5.57. The molecule has 7 heteroatoms. The Hall–Kier alpha value is -3.61. The number of halogens is 1. The molecule has 0 unspecified atom stereocenters. The summed E-state index contributed by atoms with van der Waals surface area (Å²) < 4.78 is 16.7. The summed E-state index contributed by atoms with van der Waals surface area (Å²) in [6, 6.07) is 12.8. The molecule has 3 heterocycles. The van der Waals surface area contributed by atoms with Crippen LogP contribution in [0.25, 0.3) is 22.8 Å². The first-order valence-electron chi connectivity index (χ1n) is 7.95. The van der Waals surface area contributed by atoms with Gasteiger partial charge < -0.3 is 0 Å². The molecule has 0 saturated carbocycles. The summed E-state index contributed by atoms with van der Waals surface area (Å²) in [5.41, 5.74) is 2.61. The smallest absolute Gasteiger partial charge is 0.209 e. The highest BCUT2D eigenvalue weighted by atomic mass is 19.1. The van der Waals surface area contributed by atoms with Crippen LogP contribution in [0.4, 0.5) is 4.39 Å². The molecule has 1 aromatic carbocycles. The monoisotopic (exact) mass is 347 g/mol. The van der Waals surface area contributed by atoms with Gasteiger partial charge in [-0.25, -0.2) is 13.8 Å². The number of aromatic nitrogens is 5. The van der Waals surface area contributed by atoms with Crippen molar-refractivity contribution in [1.82, 2.24) is 24.5 Å². The average molecular weight is 347 g/mol. The number of benzene rings is 1. The van der Waals surface area contributed by atoms with Gasteiger partial charge in [-0.15, -0.1) is 0 Å². The molecule has 0 fully saturated rings. The standard InChI is InChI=1S/C19H14FN5O/c1-13-11-15(5-8-21-13)24-10-7-18(26)19(23-24)17-6-9-22-25(17)16-4-2-3-14(20)12-16/h2-12H,1H3. The van der Waals surface area contributed by atoms with E-state index in [9.17, 15) is 9.18 Å². The van der Waals surface area contributed by atoms with Gasteiger partial charge in [-0.2, -0.15) is 10.2 Å². The summed E-state index contributed by atoms with van der Waals surface area (Å²) in [4.78, 5) is 16.6. The Morgan fingerprint density at radius 3 is 2.69 bits per heavy atom. The molecular weight excluding hydrogens is 333 g/mol. The fourth-order valence-corrected chi connectivity index (χ4v) is 2.70. The topological polar surface area (TPSA) is 65.6 Å². The minimum Gasteiger partial charge on any atom is -0.287 e. The van der Waals surface area contributed by atoms with Crippen molar-refractivity contribution in [3.63, 3.8) is 0 Å². The van der Waals surface area contributed by atoms with Crippen molar-refractivity contribution >= 4 is 0 Å². The Morgan fingerprint density at radius 1 is 1.00 bits per heavy atom. The quantitative estimate of drug-likeness (QED) is 0.571. The molecule has 4 rings (SSSR count). The minimum atomic E-state index is -0.380. The van der Waals surface area contributed by atoms with Gasteiger partial charge in [-0.05, 0) is 43.3 Å². The minimum absolute atomic E-state index is 0.226. The molecule has 3 aromatic heterocycles. The number of rotatable bonds is 3. The molecular formula is C19H14FN5O. The van der Waals surface area contributed by atoms with Crippen LogP contribution < -0.4 is 5.43 Å². The summed E-state index contributed by atoms with van der Waals surface area (Å²) in [6.07, 6.45) is 4.83. The maximum absolute atomic E-state index is 13.6. The van der Waals surface area contributed by atoms with Crippen LogP contribution in [0, 0.1) is 12.7 Å². The first-order chi connectivity index (χ1) is 12.6. The molecule has 26 heavy (non-hydrogen) atoms. The normalized spacial score (nSPS) is 10.8. The lowest BCUT2D eigenvalue weighted by Crippen LogP contribution is -2.15. The lowest BCUT2D eigenvalue weighted by atomic mass is 10.2. The van der Waals surface area contributed by atoms with Gasteiger partial charge in [0.25, 0.3) is 0 Å². The second kappa shape index (κ2) is 6.36. The van der Waals surface area contributed by atoms with Crippen molar-refractivity contribution in [2.24, 2.45) is 0 Å². The molecule has 0 aliphatic rings. The van der Waals surface area contributed by atoms with Crippen molar-refractivity contribution in [2.45, 2.75) is 6.92 Å². The average Bonchev–Trinajstić information content (AvgIpc) is 3.12. The second-order valence-corrected chi connectivity index (χ2v) is 5.74. The van der Waals surface area contributed by atoms with E-state index in [1.54, 1.807) is 47.5 Å². The molecule has 0 N–H and O–H groups in total. The fraction of sp³-hybridized carbons (Fsp3) is 0.0526. The van der Waals surface area contributed by atoms with E-state index in [4.69, 9.17) is 0 Å². The maximum atomic E-state index is 13.6. The Morgan fingerprint density at radius 2 is 1.88 bits per heavy atom. The van der Waals surface area contributed by atoms with Crippen molar-refractivity contribution in [1.29, 1.82) is 0 Å². The van der Waals surface area contributed by atoms with Crippen LogP contribution in [-0.2, 0) is 0 Å². The first kappa shape index (κ1) is 15.9. The van der Waals surface area contributed by atoms with Crippen molar-refractivity contribution in [2.75, 3.05) is 0 Å². The molecule has 0 amide bonds. The number of hydrogen-bond acceptors (Lipinski definition) is 4. The van der Waals surface area contributed by atoms with Gasteiger partial charge in [-0.3, -0.25) is 9.78 Å². The van der Waals surface area contributed by atoms with Crippen LogP contribution in [0.3, 0.4) is 0 Å². The molecule has 0 radical (unpaired) electrons. The van der Waals surface area contributed by atoms with Crippen molar-refractivity contribution in [3.05, 3.63) is 88.9 Å². The number of nitrogens with zero attached hydrogens (tertiary/aromatic N) is 5.